The predicted molar refractivity (Wildman–Crippen MR) is 112 cm³/mol. The van der Waals surface area contributed by atoms with Gasteiger partial charge in [-0.15, -0.1) is 0 Å². The number of nitrogens with zero attached hydrogens (tertiary/aromatic N) is 2. The molecular weight excluding hydrogens is 366 g/mol. The second-order valence-electron chi connectivity index (χ2n) is 9.11. The molecule has 1 N–H and O–H groups in total. The smallest absolute Gasteiger partial charge is 0.317 e. The molecule has 3 heterocycles. The second-order valence-corrected chi connectivity index (χ2v) is 9.11. The van der Waals surface area contributed by atoms with Gasteiger partial charge in [0.05, 0.1) is 0 Å². The van der Waals surface area contributed by atoms with E-state index >= 15 is 0 Å². The van der Waals surface area contributed by atoms with E-state index < -0.39 is 0 Å². The number of ether oxygens (including phenoxy) is 1. The van der Waals surface area contributed by atoms with Gasteiger partial charge in [0.2, 0.25) is 5.91 Å². The number of rotatable bonds is 3. The number of urea groups is 1. The van der Waals surface area contributed by atoms with Gasteiger partial charge in [0.1, 0.15) is 11.4 Å². The van der Waals surface area contributed by atoms with E-state index in [1.54, 1.807) is 0 Å². The Kier molecular flexibility index (Phi) is 5.70. The zero-order valence-corrected chi connectivity index (χ0v) is 17.7. The number of piperidine rings is 1. The molecule has 0 radical (unpaired) electrons. The number of benzene rings is 1. The fourth-order valence-electron chi connectivity index (χ4n) is 4.99. The minimum atomic E-state index is -0.279. The number of nitrogens with one attached hydrogen (secondary N) is 1. The Hall–Kier alpha value is -2.24. The molecule has 2 fully saturated rings. The molecule has 6 nitrogen and oxygen atoms in total. The zero-order valence-electron chi connectivity index (χ0n) is 17.7. The maximum atomic E-state index is 12.9. The Bertz CT molecular complexity index is 749. The van der Waals surface area contributed by atoms with E-state index in [2.05, 4.69) is 11.4 Å². The third-order valence-electron chi connectivity index (χ3n) is 6.56. The zero-order chi connectivity index (χ0) is 20.4. The van der Waals surface area contributed by atoms with Crippen LogP contribution in [0.4, 0.5) is 4.79 Å². The van der Waals surface area contributed by atoms with Gasteiger partial charge in [0, 0.05) is 57.4 Å². The van der Waals surface area contributed by atoms with E-state index in [1.807, 2.05) is 41.8 Å². The van der Waals surface area contributed by atoms with Gasteiger partial charge in [0.25, 0.3) is 0 Å². The van der Waals surface area contributed by atoms with Gasteiger partial charge in [-0.3, -0.25) is 4.79 Å². The van der Waals surface area contributed by atoms with Gasteiger partial charge in [0.15, 0.2) is 0 Å². The number of carbonyl (C=O) groups excluding carboxylic acids is 2. The van der Waals surface area contributed by atoms with Crippen molar-refractivity contribution in [3.8, 4) is 5.75 Å². The molecule has 0 saturated carbocycles. The molecule has 0 unspecified atom stereocenters. The molecule has 1 spiro atoms. The van der Waals surface area contributed by atoms with Gasteiger partial charge in [-0.25, -0.2) is 4.79 Å². The van der Waals surface area contributed by atoms with E-state index in [0.29, 0.717) is 19.5 Å². The minimum absolute atomic E-state index is 0.00632. The third kappa shape index (κ3) is 4.36. The first-order chi connectivity index (χ1) is 14.0. The first-order valence-electron chi connectivity index (χ1n) is 11.1. The lowest BCUT2D eigenvalue weighted by Gasteiger charge is -2.47. The predicted octanol–water partition coefficient (Wildman–Crippen LogP) is 3.52. The average Bonchev–Trinajstić information content (AvgIpc) is 3.23. The van der Waals surface area contributed by atoms with Crippen molar-refractivity contribution in [2.75, 3.05) is 26.2 Å². The fourth-order valence-corrected chi connectivity index (χ4v) is 4.99. The number of para-hydroxylation sites is 1. The van der Waals surface area contributed by atoms with Crippen LogP contribution in [0.1, 0.15) is 63.9 Å². The largest absolute Gasteiger partial charge is 0.487 e. The van der Waals surface area contributed by atoms with Gasteiger partial charge in [-0.1, -0.05) is 18.2 Å². The minimum Gasteiger partial charge on any atom is -0.487 e. The Balaban J connectivity index is 1.47. The molecule has 2 saturated heterocycles. The Morgan fingerprint density at radius 3 is 2.48 bits per heavy atom. The van der Waals surface area contributed by atoms with E-state index in [0.717, 1.165) is 56.5 Å². The molecule has 1 aromatic rings. The molecule has 3 aliphatic heterocycles. The Morgan fingerprint density at radius 1 is 1.10 bits per heavy atom. The van der Waals surface area contributed by atoms with Crippen LogP contribution in [0.2, 0.25) is 0 Å². The number of amides is 3. The highest BCUT2D eigenvalue weighted by molar-refractivity contribution is 5.77. The van der Waals surface area contributed by atoms with Crippen molar-refractivity contribution in [1.29, 1.82) is 0 Å². The lowest BCUT2D eigenvalue weighted by molar-refractivity contribution is -0.131. The van der Waals surface area contributed by atoms with Crippen LogP contribution in [-0.4, -0.2) is 59.6 Å². The Morgan fingerprint density at radius 2 is 1.79 bits per heavy atom. The average molecular weight is 400 g/mol. The highest BCUT2D eigenvalue weighted by atomic mass is 16.5. The standard InChI is InChI=1S/C23H33N3O3/c1-17(2)24-22(28)26-13-9-23(10-14-26)16-18(15-21(27)25-11-5-6-12-25)19-7-3-4-8-20(19)29-23/h3-4,7-8,17-18H,5-6,9-16H2,1-2H3,(H,24,28)/t18-/m1/s1. The molecule has 6 heteroatoms. The van der Waals surface area contributed by atoms with Crippen LogP contribution in [0.25, 0.3) is 0 Å². The summed E-state index contributed by atoms with van der Waals surface area (Å²) >= 11 is 0. The maximum Gasteiger partial charge on any atom is 0.317 e. The van der Waals surface area contributed by atoms with Crippen LogP contribution in [0.5, 0.6) is 5.75 Å². The summed E-state index contributed by atoms with van der Waals surface area (Å²) in [5.74, 6) is 1.37. The molecule has 3 aliphatic rings. The van der Waals surface area contributed by atoms with Crippen molar-refractivity contribution >= 4 is 11.9 Å². The van der Waals surface area contributed by atoms with Gasteiger partial charge in [-0.05, 0) is 44.7 Å². The molecule has 0 aliphatic carbocycles. The fraction of sp³-hybridized carbons (Fsp3) is 0.652. The van der Waals surface area contributed by atoms with Crippen LogP contribution >= 0.6 is 0 Å². The van der Waals surface area contributed by atoms with Gasteiger partial charge in [-0.2, -0.15) is 0 Å². The number of carbonyl (C=O) groups is 2. The van der Waals surface area contributed by atoms with Crippen LogP contribution < -0.4 is 10.1 Å². The van der Waals surface area contributed by atoms with Crippen molar-refractivity contribution in [3.05, 3.63) is 29.8 Å². The van der Waals surface area contributed by atoms with E-state index in [1.165, 1.54) is 0 Å². The van der Waals surface area contributed by atoms with Gasteiger partial charge < -0.3 is 19.9 Å². The summed E-state index contributed by atoms with van der Waals surface area (Å²) in [4.78, 5) is 29.1. The summed E-state index contributed by atoms with van der Waals surface area (Å²) in [7, 11) is 0. The van der Waals surface area contributed by atoms with Gasteiger partial charge >= 0.3 is 6.03 Å². The monoisotopic (exact) mass is 399 g/mol. The molecule has 1 aromatic carbocycles. The molecular formula is C23H33N3O3. The molecule has 29 heavy (non-hydrogen) atoms. The first-order valence-corrected chi connectivity index (χ1v) is 11.1. The van der Waals surface area contributed by atoms with Crippen LogP contribution in [0, 0.1) is 0 Å². The number of hydrogen-bond acceptors (Lipinski definition) is 3. The number of likely N-dealkylation sites (tertiary alicyclic amines) is 2. The number of hydrogen-bond donors (Lipinski definition) is 1. The SMILES string of the molecule is CC(C)NC(=O)N1CCC2(CC1)C[C@@H](CC(=O)N1CCCC1)c1ccccc1O2. The molecule has 158 valence electrons. The topological polar surface area (TPSA) is 61.9 Å². The molecule has 1 atom stereocenters. The summed E-state index contributed by atoms with van der Waals surface area (Å²) < 4.78 is 6.52. The van der Waals surface area contributed by atoms with Crippen molar-refractivity contribution in [3.63, 3.8) is 0 Å². The van der Waals surface area contributed by atoms with Crippen molar-refractivity contribution < 1.29 is 14.3 Å². The summed E-state index contributed by atoms with van der Waals surface area (Å²) in [6.07, 6.45) is 5.26. The third-order valence-corrected chi connectivity index (χ3v) is 6.56. The summed E-state index contributed by atoms with van der Waals surface area (Å²) in [6, 6.07) is 8.31. The number of fused-ring (bicyclic) bond motifs is 1. The lowest BCUT2D eigenvalue weighted by atomic mass is 9.76. The lowest BCUT2D eigenvalue weighted by Crippen LogP contribution is -2.54. The Labute approximate surface area is 173 Å². The van der Waals surface area contributed by atoms with E-state index in [4.69, 9.17) is 4.74 Å². The normalized spacial score (nSPS) is 23.1. The van der Waals surface area contributed by atoms with Crippen LogP contribution in [0.3, 0.4) is 0 Å². The van der Waals surface area contributed by atoms with E-state index in [9.17, 15) is 9.59 Å². The molecule has 0 aromatic heterocycles. The summed E-state index contributed by atoms with van der Waals surface area (Å²) in [6.45, 7) is 7.13. The summed E-state index contributed by atoms with van der Waals surface area (Å²) in [5.41, 5.74) is 0.879. The highest BCUT2D eigenvalue weighted by Crippen LogP contribution is 2.46. The molecule has 0 bridgehead atoms. The van der Waals surface area contributed by atoms with Crippen molar-refractivity contribution in [2.24, 2.45) is 0 Å². The molecule has 4 rings (SSSR count). The molecule has 3 amide bonds. The second kappa shape index (κ2) is 8.25. The first kappa shape index (κ1) is 20.0. The van der Waals surface area contributed by atoms with Crippen LogP contribution in [0.15, 0.2) is 24.3 Å². The quantitative estimate of drug-likeness (QED) is 0.846. The summed E-state index contributed by atoms with van der Waals surface area (Å²) in [5, 5.41) is 2.98. The van der Waals surface area contributed by atoms with Crippen molar-refractivity contribution in [1.82, 2.24) is 15.1 Å². The maximum absolute atomic E-state index is 12.9. The highest BCUT2D eigenvalue weighted by Gasteiger charge is 2.44. The van der Waals surface area contributed by atoms with Crippen LogP contribution in [-0.2, 0) is 4.79 Å². The van der Waals surface area contributed by atoms with Crippen molar-refractivity contribution in [2.45, 2.75) is 69.9 Å². The van der Waals surface area contributed by atoms with E-state index in [-0.39, 0.29) is 29.5 Å².